The summed E-state index contributed by atoms with van der Waals surface area (Å²) in [7, 11) is 1.54. The highest BCUT2D eigenvalue weighted by molar-refractivity contribution is 7.14. The molecule has 0 aliphatic rings. The van der Waals surface area contributed by atoms with E-state index in [2.05, 4.69) is 10.3 Å². The van der Waals surface area contributed by atoms with E-state index in [0.29, 0.717) is 16.4 Å². The number of nitrogens with zero attached hydrogens (tertiary/aromatic N) is 2. The van der Waals surface area contributed by atoms with Crippen LogP contribution in [0.1, 0.15) is 5.56 Å². The lowest BCUT2D eigenvalue weighted by atomic mass is 10.1. The molecule has 0 unspecified atom stereocenters. The van der Waals surface area contributed by atoms with Crippen molar-refractivity contribution in [1.82, 2.24) is 4.98 Å². The van der Waals surface area contributed by atoms with Crippen LogP contribution in [0.3, 0.4) is 0 Å². The molecular formula is C20H15N3O2S. The Hall–Kier alpha value is -3.43. The Labute approximate surface area is 155 Å². The van der Waals surface area contributed by atoms with Crippen molar-refractivity contribution in [1.29, 1.82) is 5.26 Å². The molecule has 2 aromatic carbocycles. The Bertz CT molecular complexity index is 988. The number of nitriles is 1. The van der Waals surface area contributed by atoms with Gasteiger partial charge in [-0.1, -0.05) is 48.5 Å². The van der Waals surface area contributed by atoms with Crippen LogP contribution in [0.2, 0.25) is 0 Å². The van der Waals surface area contributed by atoms with E-state index >= 15 is 0 Å². The van der Waals surface area contributed by atoms with E-state index < -0.39 is 5.91 Å². The van der Waals surface area contributed by atoms with E-state index in [0.717, 1.165) is 11.3 Å². The molecule has 3 rings (SSSR count). The van der Waals surface area contributed by atoms with Gasteiger partial charge in [-0.15, -0.1) is 11.3 Å². The number of hydrogen-bond donors (Lipinski definition) is 1. The lowest BCUT2D eigenvalue weighted by Crippen LogP contribution is -2.13. The average Bonchev–Trinajstić information content (AvgIpc) is 3.15. The molecule has 1 amide bonds. The topological polar surface area (TPSA) is 75.0 Å². The van der Waals surface area contributed by atoms with Crippen molar-refractivity contribution in [2.45, 2.75) is 0 Å². The van der Waals surface area contributed by atoms with E-state index in [4.69, 9.17) is 4.74 Å². The van der Waals surface area contributed by atoms with E-state index in [1.54, 1.807) is 19.2 Å². The Balaban J connectivity index is 1.79. The number of anilines is 1. The van der Waals surface area contributed by atoms with Gasteiger partial charge < -0.3 is 4.74 Å². The molecule has 3 aromatic rings. The molecule has 0 bridgehead atoms. The monoisotopic (exact) mass is 361 g/mol. The van der Waals surface area contributed by atoms with Gasteiger partial charge >= 0.3 is 0 Å². The fourth-order valence-electron chi connectivity index (χ4n) is 2.33. The predicted molar refractivity (Wildman–Crippen MR) is 103 cm³/mol. The molecule has 6 heteroatoms. The molecule has 1 heterocycles. The molecule has 0 fully saturated rings. The summed E-state index contributed by atoms with van der Waals surface area (Å²) in [5.74, 6) is 0.0843. The van der Waals surface area contributed by atoms with E-state index in [1.165, 1.54) is 17.4 Å². The summed E-state index contributed by atoms with van der Waals surface area (Å²) in [6.07, 6.45) is 1.50. The van der Waals surface area contributed by atoms with Crippen molar-refractivity contribution in [2.75, 3.05) is 12.4 Å². The van der Waals surface area contributed by atoms with Crippen molar-refractivity contribution in [3.8, 4) is 23.1 Å². The van der Waals surface area contributed by atoms with Crippen LogP contribution < -0.4 is 10.1 Å². The number of para-hydroxylation sites is 1. The minimum absolute atomic E-state index is 0.0223. The standard InChI is InChI=1S/C20H15N3O2S/c1-25-18-10-6-5-9-15(18)11-16(12-21)19(24)23-20-22-17(13-26-20)14-7-3-2-4-8-14/h2-11,13H,1H3,(H,22,23,24)/b16-11+. The number of methoxy groups -OCH3 is 1. The fraction of sp³-hybridized carbons (Fsp3) is 0.0500. The van der Waals surface area contributed by atoms with Gasteiger partial charge in [0.1, 0.15) is 17.4 Å². The number of nitrogens with one attached hydrogen (secondary N) is 1. The summed E-state index contributed by atoms with van der Waals surface area (Å²) in [5, 5.41) is 14.3. The van der Waals surface area contributed by atoms with Gasteiger partial charge in [0.2, 0.25) is 0 Å². The zero-order valence-corrected chi connectivity index (χ0v) is 14.8. The van der Waals surface area contributed by atoms with Crippen LogP contribution in [-0.2, 0) is 4.79 Å². The van der Waals surface area contributed by atoms with E-state index in [9.17, 15) is 10.1 Å². The molecule has 0 aliphatic heterocycles. The summed E-state index contributed by atoms with van der Waals surface area (Å²) in [5.41, 5.74) is 2.38. The number of thiazole rings is 1. The van der Waals surface area contributed by atoms with Crippen molar-refractivity contribution < 1.29 is 9.53 Å². The Morgan fingerprint density at radius 2 is 1.92 bits per heavy atom. The summed E-state index contributed by atoms with van der Waals surface area (Å²) >= 11 is 1.31. The zero-order valence-electron chi connectivity index (χ0n) is 14.0. The van der Waals surface area contributed by atoms with Gasteiger partial charge in [0.15, 0.2) is 5.13 Å². The van der Waals surface area contributed by atoms with Crippen LogP contribution in [0, 0.1) is 11.3 Å². The van der Waals surface area contributed by atoms with Gasteiger partial charge in [0.05, 0.1) is 12.8 Å². The minimum atomic E-state index is -0.507. The first kappa shape index (κ1) is 17.4. The first-order valence-corrected chi connectivity index (χ1v) is 8.66. The first-order valence-electron chi connectivity index (χ1n) is 7.78. The second-order valence-electron chi connectivity index (χ2n) is 5.27. The number of rotatable bonds is 5. The fourth-order valence-corrected chi connectivity index (χ4v) is 3.04. The van der Waals surface area contributed by atoms with Crippen LogP contribution in [0.15, 0.2) is 65.6 Å². The highest BCUT2D eigenvalue weighted by atomic mass is 32.1. The number of benzene rings is 2. The normalized spacial score (nSPS) is 10.8. The van der Waals surface area contributed by atoms with Crippen molar-refractivity contribution in [3.05, 3.63) is 71.1 Å². The van der Waals surface area contributed by atoms with Gasteiger partial charge in [-0.25, -0.2) is 4.98 Å². The molecule has 0 radical (unpaired) electrons. The van der Waals surface area contributed by atoms with Crippen LogP contribution in [-0.4, -0.2) is 18.0 Å². The Morgan fingerprint density at radius 3 is 2.65 bits per heavy atom. The maximum absolute atomic E-state index is 12.4. The minimum Gasteiger partial charge on any atom is -0.496 e. The van der Waals surface area contributed by atoms with Crippen molar-refractivity contribution in [2.24, 2.45) is 0 Å². The maximum atomic E-state index is 12.4. The molecule has 0 saturated carbocycles. The maximum Gasteiger partial charge on any atom is 0.268 e. The largest absolute Gasteiger partial charge is 0.496 e. The predicted octanol–water partition coefficient (Wildman–Crippen LogP) is 4.36. The second kappa shape index (κ2) is 8.10. The molecular weight excluding hydrogens is 346 g/mol. The van der Waals surface area contributed by atoms with Crippen LogP contribution in [0.4, 0.5) is 5.13 Å². The third-order valence-electron chi connectivity index (χ3n) is 3.60. The molecule has 0 saturated heterocycles. The number of carbonyl (C=O) groups excluding carboxylic acids is 1. The molecule has 5 nitrogen and oxygen atoms in total. The number of carbonyl (C=O) groups is 1. The van der Waals surface area contributed by atoms with Crippen molar-refractivity contribution >= 4 is 28.5 Å². The van der Waals surface area contributed by atoms with Gasteiger partial charge in [-0.3, -0.25) is 10.1 Å². The summed E-state index contributed by atoms with van der Waals surface area (Å²) in [4.78, 5) is 16.8. The van der Waals surface area contributed by atoms with Crippen molar-refractivity contribution in [3.63, 3.8) is 0 Å². The third-order valence-corrected chi connectivity index (χ3v) is 4.36. The first-order chi connectivity index (χ1) is 12.7. The smallest absolute Gasteiger partial charge is 0.268 e. The highest BCUT2D eigenvalue weighted by Crippen LogP contribution is 2.25. The molecule has 0 spiro atoms. The summed E-state index contributed by atoms with van der Waals surface area (Å²) < 4.78 is 5.25. The summed E-state index contributed by atoms with van der Waals surface area (Å²) in [6.45, 7) is 0. The SMILES string of the molecule is COc1ccccc1/C=C(\C#N)C(=O)Nc1nc(-c2ccccc2)cs1. The number of aromatic nitrogens is 1. The quantitative estimate of drug-likeness (QED) is 0.541. The van der Waals surface area contributed by atoms with Crippen LogP contribution in [0.5, 0.6) is 5.75 Å². The number of ether oxygens (including phenoxy) is 1. The molecule has 0 aliphatic carbocycles. The van der Waals surface area contributed by atoms with Crippen LogP contribution >= 0.6 is 11.3 Å². The molecule has 26 heavy (non-hydrogen) atoms. The van der Waals surface area contributed by atoms with Gasteiger partial charge in [-0.2, -0.15) is 5.26 Å². The Kier molecular flexibility index (Phi) is 5.42. The van der Waals surface area contributed by atoms with Crippen LogP contribution in [0.25, 0.3) is 17.3 Å². The second-order valence-corrected chi connectivity index (χ2v) is 6.13. The number of amides is 1. The molecule has 1 aromatic heterocycles. The van der Waals surface area contributed by atoms with E-state index in [1.807, 2.05) is 53.9 Å². The average molecular weight is 361 g/mol. The zero-order chi connectivity index (χ0) is 18.4. The Morgan fingerprint density at radius 1 is 1.19 bits per heavy atom. The lowest BCUT2D eigenvalue weighted by Gasteiger charge is -2.05. The number of hydrogen-bond acceptors (Lipinski definition) is 5. The van der Waals surface area contributed by atoms with Gasteiger partial charge in [0, 0.05) is 16.5 Å². The lowest BCUT2D eigenvalue weighted by molar-refractivity contribution is -0.112. The van der Waals surface area contributed by atoms with Gasteiger partial charge in [-0.05, 0) is 12.1 Å². The molecule has 128 valence electrons. The summed E-state index contributed by atoms with van der Waals surface area (Å²) in [6, 6.07) is 18.8. The van der Waals surface area contributed by atoms with Gasteiger partial charge in [0.25, 0.3) is 5.91 Å². The van der Waals surface area contributed by atoms with E-state index in [-0.39, 0.29) is 5.57 Å². The molecule has 1 N–H and O–H groups in total. The highest BCUT2D eigenvalue weighted by Gasteiger charge is 2.13. The molecule has 0 atom stereocenters. The third kappa shape index (κ3) is 3.97.